The van der Waals surface area contributed by atoms with E-state index in [1.807, 2.05) is 0 Å². The number of hydrogen-bond donors (Lipinski definition) is 2. The Labute approximate surface area is 127 Å². The van der Waals surface area contributed by atoms with Crippen molar-refractivity contribution in [3.8, 4) is 5.75 Å². The van der Waals surface area contributed by atoms with Gasteiger partial charge in [-0.05, 0) is 62.4 Å². The summed E-state index contributed by atoms with van der Waals surface area (Å²) < 4.78 is 5.79. The summed E-state index contributed by atoms with van der Waals surface area (Å²) in [6, 6.07) is 8.47. The molecule has 2 N–H and O–H groups in total. The first-order valence-electron chi connectivity index (χ1n) is 7.73. The molecule has 0 aliphatic carbocycles. The lowest BCUT2D eigenvalue weighted by molar-refractivity contribution is -0.134. The summed E-state index contributed by atoms with van der Waals surface area (Å²) in [6.07, 6.45) is 4.89. The van der Waals surface area contributed by atoms with Crippen molar-refractivity contribution < 1.29 is 14.6 Å². The van der Waals surface area contributed by atoms with E-state index >= 15 is 0 Å². The van der Waals surface area contributed by atoms with E-state index in [9.17, 15) is 0 Å². The van der Waals surface area contributed by atoms with Crippen molar-refractivity contribution in [3.05, 3.63) is 29.8 Å². The zero-order valence-electron chi connectivity index (χ0n) is 13.1. The Morgan fingerprint density at radius 1 is 1.29 bits per heavy atom. The quantitative estimate of drug-likeness (QED) is 0.876. The number of aliphatic carboxylic acids is 1. The predicted octanol–water partition coefficient (Wildman–Crippen LogP) is 3.11. The first-order chi connectivity index (χ1) is 10.1. The number of carboxylic acids is 1. The van der Waals surface area contributed by atoms with Crippen molar-refractivity contribution in [3.63, 3.8) is 0 Å². The van der Waals surface area contributed by atoms with Crippen LogP contribution in [0.3, 0.4) is 0 Å². The Hall–Kier alpha value is -1.55. The van der Waals surface area contributed by atoms with Crippen molar-refractivity contribution in [1.82, 2.24) is 5.32 Å². The predicted molar refractivity (Wildman–Crippen MR) is 84.8 cm³/mol. The number of benzene rings is 1. The third-order valence-corrected chi connectivity index (χ3v) is 3.59. The molecule has 0 unspecified atom stereocenters. The fourth-order valence-electron chi connectivity index (χ4n) is 2.34. The molecule has 0 atom stereocenters. The molecule has 4 nitrogen and oxygen atoms in total. The van der Waals surface area contributed by atoms with Gasteiger partial charge < -0.3 is 15.2 Å². The van der Waals surface area contributed by atoms with Crippen LogP contribution in [0, 0.1) is 5.92 Å². The molecule has 1 heterocycles. The molecular weight excluding hydrogens is 266 g/mol. The number of piperidine rings is 1. The topological polar surface area (TPSA) is 58.6 Å². The van der Waals surface area contributed by atoms with Gasteiger partial charge in [-0.25, -0.2) is 0 Å². The number of rotatable bonds is 5. The molecule has 0 spiro atoms. The molecular formula is C17H27NO3. The van der Waals surface area contributed by atoms with E-state index in [0.717, 1.165) is 31.6 Å². The maximum atomic E-state index is 9.00. The van der Waals surface area contributed by atoms with Gasteiger partial charge in [-0.15, -0.1) is 0 Å². The molecule has 0 saturated carbocycles. The summed E-state index contributed by atoms with van der Waals surface area (Å²) in [7, 11) is 0. The number of aryl methyl sites for hydroxylation is 1. The number of carbonyl (C=O) groups is 1. The average Bonchev–Trinajstić information content (AvgIpc) is 2.48. The molecule has 2 rings (SSSR count). The summed E-state index contributed by atoms with van der Waals surface area (Å²) in [5, 5.41) is 10.8. The molecule has 0 amide bonds. The third-order valence-electron chi connectivity index (χ3n) is 3.59. The summed E-state index contributed by atoms with van der Waals surface area (Å²) in [6.45, 7) is 6.47. The molecule has 1 aromatic rings. The smallest absolute Gasteiger partial charge is 0.300 e. The Kier molecular flexibility index (Phi) is 8.51. The van der Waals surface area contributed by atoms with Crippen LogP contribution in [-0.2, 0) is 11.2 Å². The molecule has 0 bridgehead atoms. The second-order valence-corrected chi connectivity index (χ2v) is 5.35. The molecule has 1 aliphatic rings. The zero-order valence-corrected chi connectivity index (χ0v) is 13.1. The number of nitrogens with one attached hydrogen (secondary N) is 1. The van der Waals surface area contributed by atoms with Crippen molar-refractivity contribution in [1.29, 1.82) is 0 Å². The maximum absolute atomic E-state index is 9.00. The lowest BCUT2D eigenvalue weighted by Crippen LogP contribution is -2.28. The van der Waals surface area contributed by atoms with E-state index in [1.165, 1.54) is 37.9 Å². The summed E-state index contributed by atoms with van der Waals surface area (Å²) in [5.41, 5.74) is 1.37. The molecule has 118 valence electrons. The Morgan fingerprint density at radius 2 is 1.86 bits per heavy atom. The minimum Gasteiger partial charge on any atom is -0.494 e. The van der Waals surface area contributed by atoms with Gasteiger partial charge in [-0.2, -0.15) is 0 Å². The van der Waals surface area contributed by atoms with Gasteiger partial charge in [-0.1, -0.05) is 19.1 Å². The molecule has 1 saturated heterocycles. The van der Waals surface area contributed by atoms with Crippen LogP contribution in [0.15, 0.2) is 24.3 Å². The molecule has 0 radical (unpaired) electrons. The van der Waals surface area contributed by atoms with E-state index in [2.05, 4.69) is 36.5 Å². The van der Waals surface area contributed by atoms with Gasteiger partial charge in [0, 0.05) is 6.92 Å². The van der Waals surface area contributed by atoms with Crippen LogP contribution < -0.4 is 10.1 Å². The van der Waals surface area contributed by atoms with Crippen LogP contribution >= 0.6 is 0 Å². The second kappa shape index (κ2) is 10.2. The molecule has 1 fully saturated rings. The van der Waals surface area contributed by atoms with Gasteiger partial charge in [0.15, 0.2) is 0 Å². The van der Waals surface area contributed by atoms with Gasteiger partial charge in [0.25, 0.3) is 5.97 Å². The van der Waals surface area contributed by atoms with E-state index in [0.29, 0.717) is 0 Å². The van der Waals surface area contributed by atoms with Gasteiger partial charge in [0.2, 0.25) is 0 Å². The minimum absolute atomic E-state index is 0.833. The molecule has 4 heteroatoms. The summed E-state index contributed by atoms with van der Waals surface area (Å²) >= 11 is 0. The van der Waals surface area contributed by atoms with Gasteiger partial charge in [0.1, 0.15) is 5.75 Å². The second-order valence-electron chi connectivity index (χ2n) is 5.35. The van der Waals surface area contributed by atoms with Crippen LogP contribution in [-0.4, -0.2) is 30.8 Å². The SMILES string of the molecule is CC(=O)O.CCc1ccc(OCCC2CCNCC2)cc1. The zero-order chi connectivity index (χ0) is 15.5. The lowest BCUT2D eigenvalue weighted by atomic mass is 9.95. The normalized spacial score (nSPS) is 15.0. The van der Waals surface area contributed by atoms with E-state index in [1.54, 1.807) is 0 Å². The Morgan fingerprint density at radius 3 is 2.38 bits per heavy atom. The first kappa shape index (κ1) is 17.5. The standard InChI is InChI=1S/C15H23NO.C2H4O2/c1-2-13-3-5-15(6-4-13)17-12-9-14-7-10-16-11-8-14;1-2(3)4/h3-6,14,16H,2,7-12H2,1H3;1H3,(H,3,4). The fourth-order valence-corrected chi connectivity index (χ4v) is 2.34. The van der Waals surface area contributed by atoms with E-state index < -0.39 is 5.97 Å². The highest BCUT2D eigenvalue weighted by molar-refractivity contribution is 5.62. The van der Waals surface area contributed by atoms with E-state index in [-0.39, 0.29) is 0 Å². The summed E-state index contributed by atoms with van der Waals surface area (Å²) in [5.74, 6) is 1.03. The fraction of sp³-hybridized carbons (Fsp3) is 0.588. The maximum Gasteiger partial charge on any atom is 0.300 e. The third kappa shape index (κ3) is 8.35. The molecule has 21 heavy (non-hydrogen) atoms. The van der Waals surface area contributed by atoms with Crippen LogP contribution in [0.1, 0.15) is 38.7 Å². The first-order valence-corrected chi connectivity index (χ1v) is 7.73. The van der Waals surface area contributed by atoms with Crippen molar-refractivity contribution in [2.75, 3.05) is 19.7 Å². The van der Waals surface area contributed by atoms with Crippen molar-refractivity contribution >= 4 is 5.97 Å². The lowest BCUT2D eigenvalue weighted by Gasteiger charge is -2.22. The largest absolute Gasteiger partial charge is 0.494 e. The van der Waals surface area contributed by atoms with Crippen molar-refractivity contribution in [2.24, 2.45) is 5.92 Å². The Bertz CT molecular complexity index is 393. The van der Waals surface area contributed by atoms with Crippen LogP contribution in [0.25, 0.3) is 0 Å². The molecule has 0 aromatic heterocycles. The van der Waals surface area contributed by atoms with Gasteiger partial charge >= 0.3 is 0 Å². The van der Waals surface area contributed by atoms with Crippen LogP contribution in [0.2, 0.25) is 0 Å². The van der Waals surface area contributed by atoms with E-state index in [4.69, 9.17) is 14.6 Å². The van der Waals surface area contributed by atoms with Gasteiger partial charge in [-0.3, -0.25) is 4.79 Å². The number of carboxylic acid groups (broad SMARTS) is 1. The molecule has 1 aromatic carbocycles. The molecule has 1 aliphatic heterocycles. The van der Waals surface area contributed by atoms with Crippen LogP contribution in [0.4, 0.5) is 0 Å². The van der Waals surface area contributed by atoms with Gasteiger partial charge in [0.05, 0.1) is 6.61 Å². The monoisotopic (exact) mass is 293 g/mol. The minimum atomic E-state index is -0.833. The summed E-state index contributed by atoms with van der Waals surface area (Å²) in [4.78, 5) is 9.00. The Balaban J connectivity index is 0.000000491. The highest BCUT2D eigenvalue weighted by Gasteiger charge is 2.12. The van der Waals surface area contributed by atoms with Crippen molar-refractivity contribution in [2.45, 2.75) is 39.5 Å². The highest BCUT2D eigenvalue weighted by Crippen LogP contribution is 2.17. The number of ether oxygens (including phenoxy) is 1. The number of hydrogen-bond acceptors (Lipinski definition) is 3. The highest BCUT2D eigenvalue weighted by atomic mass is 16.5. The van der Waals surface area contributed by atoms with Crippen LogP contribution in [0.5, 0.6) is 5.75 Å². The average molecular weight is 293 g/mol.